The van der Waals surface area contributed by atoms with Crippen molar-refractivity contribution in [2.45, 2.75) is 31.1 Å². The lowest BCUT2D eigenvalue weighted by Crippen LogP contribution is -2.37. The Hall–Kier alpha value is -2.67. The van der Waals surface area contributed by atoms with Gasteiger partial charge in [0.05, 0.1) is 5.56 Å². The number of hydrogen-bond donors (Lipinski definition) is 1. The molecule has 0 saturated carbocycles. The van der Waals surface area contributed by atoms with Gasteiger partial charge < -0.3 is 5.32 Å². The number of sulfonamides is 1. The topological polar surface area (TPSA) is 83.6 Å². The molecule has 1 heterocycles. The molecule has 1 aliphatic heterocycles. The summed E-state index contributed by atoms with van der Waals surface area (Å²) in [6.07, 6.45) is 1.02. The third kappa shape index (κ3) is 3.22. The first kappa shape index (κ1) is 18.1. The quantitative estimate of drug-likeness (QED) is 0.874. The molecule has 0 spiro atoms. The van der Waals surface area contributed by atoms with Gasteiger partial charge in [-0.3, -0.25) is 9.59 Å². The van der Waals surface area contributed by atoms with Crippen molar-refractivity contribution in [3.8, 4) is 0 Å². The van der Waals surface area contributed by atoms with E-state index in [4.69, 9.17) is 0 Å². The Morgan fingerprint density at radius 3 is 2.38 bits per heavy atom. The van der Waals surface area contributed by atoms with Gasteiger partial charge in [-0.15, -0.1) is 0 Å². The van der Waals surface area contributed by atoms with Gasteiger partial charge in [-0.2, -0.15) is 0 Å². The SMILES string of the molecule is CC[C@H](C)c1ccc(NC(=O)CN2C(=O)c3ccccc3S2(=O)=O)cc1. The highest BCUT2D eigenvalue weighted by molar-refractivity contribution is 7.90. The number of hydrogen-bond acceptors (Lipinski definition) is 4. The highest BCUT2D eigenvalue weighted by Crippen LogP contribution is 2.29. The first-order valence-corrected chi connectivity index (χ1v) is 9.84. The van der Waals surface area contributed by atoms with Gasteiger partial charge in [-0.25, -0.2) is 12.7 Å². The van der Waals surface area contributed by atoms with Crippen LogP contribution >= 0.6 is 0 Å². The molecular formula is C19H20N2O4S. The maximum atomic E-state index is 12.5. The number of nitrogens with one attached hydrogen (secondary N) is 1. The summed E-state index contributed by atoms with van der Waals surface area (Å²) in [5, 5.41) is 2.64. The second-order valence-corrected chi connectivity index (χ2v) is 8.12. The minimum Gasteiger partial charge on any atom is -0.325 e. The van der Waals surface area contributed by atoms with E-state index < -0.39 is 28.4 Å². The largest absolute Gasteiger partial charge is 0.325 e. The minimum absolute atomic E-state index is 0.0595. The van der Waals surface area contributed by atoms with Crippen LogP contribution in [-0.4, -0.2) is 31.1 Å². The van der Waals surface area contributed by atoms with Crippen molar-refractivity contribution >= 4 is 27.5 Å². The maximum Gasteiger partial charge on any atom is 0.269 e. The number of rotatable bonds is 5. The summed E-state index contributed by atoms with van der Waals surface area (Å²) in [6.45, 7) is 3.67. The molecule has 2 aromatic carbocycles. The van der Waals surface area contributed by atoms with Gasteiger partial charge in [0.1, 0.15) is 11.4 Å². The standard InChI is InChI=1S/C19H20N2O4S/c1-3-13(2)14-8-10-15(11-9-14)20-18(22)12-21-19(23)16-6-4-5-7-17(16)26(21,24)25/h4-11,13H,3,12H2,1-2H3,(H,20,22)/t13-/m0/s1. The zero-order valence-corrected chi connectivity index (χ0v) is 15.4. The molecule has 1 N–H and O–H groups in total. The van der Waals surface area contributed by atoms with Crippen LogP contribution in [0.3, 0.4) is 0 Å². The lowest BCUT2D eigenvalue weighted by molar-refractivity contribution is -0.116. The Bertz CT molecular complexity index is 952. The Morgan fingerprint density at radius 2 is 1.77 bits per heavy atom. The molecule has 3 rings (SSSR count). The van der Waals surface area contributed by atoms with Crippen LogP contribution in [0.25, 0.3) is 0 Å². The third-order valence-corrected chi connectivity index (χ3v) is 6.36. The van der Waals surface area contributed by atoms with Crippen molar-refractivity contribution < 1.29 is 18.0 Å². The minimum atomic E-state index is -3.98. The molecule has 26 heavy (non-hydrogen) atoms. The van der Waals surface area contributed by atoms with E-state index in [2.05, 4.69) is 19.2 Å². The van der Waals surface area contributed by atoms with Gasteiger partial charge in [0.15, 0.2) is 0 Å². The summed E-state index contributed by atoms with van der Waals surface area (Å²) in [7, 11) is -3.98. The predicted octanol–water partition coefficient (Wildman–Crippen LogP) is 2.98. The summed E-state index contributed by atoms with van der Waals surface area (Å²) in [6, 6.07) is 13.4. The summed E-state index contributed by atoms with van der Waals surface area (Å²) in [4.78, 5) is 24.5. The maximum absolute atomic E-state index is 12.5. The molecule has 1 aliphatic rings. The second kappa shape index (κ2) is 6.92. The van der Waals surface area contributed by atoms with Crippen LogP contribution in [-0.2, 0) is 14.8 Å². The van der Waals surface area contributed by atoms with E-state index in [9.17, 15) is 18.0 Å². The second-order valence-electron chi connectivity index (χ2n) is 6.29. The van der Waals surface area contributed by atoms with Crippen LogP contribution in [0.4, 0.5) is 5.69 Å². The van der Waals surface area contributed by atoms with Crippen molar-refractivity contribution in [1.82, 2.24) is 4.31 Å². The molecule has 2 aromatic rings. The van der Waals surface area contributed by atoms with Crippen molar-refractivity contribution in [1.29, 1.82) is 0 Å². The van der Waals surface area contributed by atoms with Crippen molar-refractivity contribution in [2.24, 2.45) is 0 Å². The fraction of sp³-hybridized carbons (Fsp3) is 0.263. The van der Waals surface area contributed by atoms with Crippen molar-refractivity contribution in [3.63, 3.8) is 0 Å². The number of benzene rings is 2. The van der Waals surface area contributed by atoms with E-state index in [0.29, 0.717) is 15.9 Å². The summed E-state index contributed by atoms with van der Waals surface area (Å²) < 4.78 is 25.5. The fourth-order valence-corrected chi connectivity index (χ4v) is 4.37. The molecule has 0 saturated heterocycles. The van der Waals surface area contributed by atoms with Gasteiger partial charge in [0.2, 0.25) is 5.91 Å². The summed E-state index contributed by atoms with van der Waals surface area (Å²) in [5.41, 5.74) is 1.82. The monoisotopic (exact) mass is 372 g/mol. The molecule has 0 aromatic heterocycles. The van der Waals surface area contributed by atoms with Crippen LogP contribution in [0.2, 0.25) is 0 Å². The van der Waals surface area contributed by atoms with Gasteiger partial charge in [-0.05, 0) is 42.2 Å². The predicted molar refractivity (Wildman–Crippen MR) is 98.4 cm³/mol. The normalized spacial score (nSPS) is 16.2. The van der Waals surface area contributed by atoms with Crippen molar-refractivity contribution in [3.05, 3.63) is 59.7 Å². The number of amides is 2. The van der Waals surface area contributed by atoms with Gasteiger partial charge in [0, 0.05) is 5.69 Å². The number of nitrogens with zero attached hydrogens (tertiary/aromatic N) is 1. The molecule has 1 atom stereocenters. The Morgan fingerprint density at radius 1 is 1.12 bits per heavy atom. The van der Waals surface area contributed by atoms with E-state index in [1.165, 1.54) is 17.7 Å². The van der Waals surface area contributed by atoms with Crippen LogP contribution in [0, 0.1) is 0 Å². The van der Waals surface area contributed by atoms with Crippen LogP contribution in [0.1, 0.15) is 42.1 Å². The zero-order valence-electron chi connectivity index (χ0n) is 14.6. The van der Waals surface area contributed by atoms with Gasteiger partial charge in [-0.1, -0.05) is 38.1 Å². The number of carbonyl (C=O) groups excluding carboxylic acids is 2. The first-order valence-electron chi connectivity index (χ1n) is 8.40. The fourth-order valence-electron chi connectivity index (χ4n) is 2.85. The van der Waals surface area contributed by atoms with E-state index in [1.807, 2.05) is 12.1 Å². The average molecular weight is 372 g/mol. The summed E-state index contributed by atoms with van der Waals surface area (Å²) in [5.74, 6) is -0.820. The third-order valence-electron chi connectivity index (χ3n) is 4.58. The zero-order chi connectivity index (χ0) is 18.9. The lowest BCUT2D eigenvalue weighted by Gasteiger charge is -2.15. The number of carbonyl (C=O) groups is 2. The smallest absolute Gasteiger partial charge is 0.269 e. The van der Waals surface area contributed by atoms with Crippen LogP contribution in [0.15, 0.2) is 53.4 Å². The molecular weight excluding hydrogens is 352 g/mol. The Balaban J connectivity index is 1.72. The molecule has 2 amide bonds. The van der Waals surface area contributed by atoms with E-state index in [1.54, 1.807) is 24.3 Å². The average Bonchev–Trinajstić information content (AvgIpc) is 2.83. The highest BCUT2D eigenvalue weighted by Gasteiger charge is 2.41. The molecule has 0 radical (unpaired) electrons. The molecule has 0 unspecified atom stereocenters. The highest BCUT2D eigenvalue weighted by atomic mass is 32.2. The van der Waals surface area contributed by atoms with Gasteiger partial charge in [0.25, 0.3) is 15.9 Å². The molecule has 0 fully saturated rings. The summed E-state index contributed by atoms with van der Waals surface area (Å²) >= 11 is 0. The number of fused-ring (bicyclic) bond motifs is 1. The molecule has 0 aliphatic carbocycles. The number of anilines is 1. The van der Waals surface area contributed by atoms with E-state index >= 15 is 0 Å². The van der Waals surface area contributed by atoms with Crippen molar-refractivity contribution in [2.75, 3.05) is 11.9 Å². The van der Waals surface area contributed by atoms with Crippen LogP contribution in [0.5, 0.6) is 0 Å². The van der Waals surface area contributed by atoms with E-state index in [0.717, 1.165) is 6.42 Å². The molecule has 0 bridgehead atoms. The van der Waals surface area contributed by atoms with Crippen LogP contribution < -0.4 is 5.32 Å². The molecule has 6 nitrogen and oxygen atoms in total. The first-order chi connectivity index (χ1) is 12.3. The molecule has 136 valence electrons. The van der Waals surface area contributed by atoms with E-state index in [-0.39, 0.29) is 10.5 Å². The molecule has 7 heteroatoms. The lowest BCUT2D eigenvalue weighted by atomic mass is 9.99. The van der Waals surface area contributed by atoms with Gasteiger partial charge >= 0.3 is 0 Å². The Kier molecular flexibility index (Phi) is 4.82. The Labute approximate surface area is 152 Å².